The van der Waals surface area contributed by atoms with Crippen molar-refractivity contribution in [3.63, 3.8) is 0 Å². The van der Waals surface area contributed by atoms with Gasteiger partial charge in [-0.15, -0.1) is 0 Å². The van der Waals surface area contributed by atoms with E-state index < -0.39 is 0 Å². The Bertz CT molecular complexity index is 676. The largest absolute Gasteiger partial charge is 0.350 e. The van der Waals surface area contributed by atoms with Crippen LogP contribution < -0.4 is 5.32 Å². The van der Waals surface area contributed by atoms with Crippen LogP contribution in [0.2, 0.25) is 0 Å². The van der Waals surface area contributed by atoms with Gasteiger partial charge in [-0.1, -0.05) is 42.1 Å². The minimum absolute atomic E-state index is 0.190. The fourth-order valence-electron chi connectivity index (χ4n) is 2.70. The van der Waals surface area contributed by atoms with Crippen molar-refractivity contribution < 1.29 is 4.79 Å². The maximum absolute atomic E-state index is 11.9. The maximum atomic E-state index is 11.9. The van der Waals surface area contributed by atoms with Crippen LogP contribution in [0.5, 0.6) is 0 Å². The Morgan fingerprint density at radius 3 is 2.90 bits per heavy atom. The summed E-state index contributed by atoms with van der Waals surface area (Å²) in [5.74, 6) is 1.51. The van der Waals surface area contributed by atoms with E-state index >= 15 is 0 Å². The molecule has 4 rings (SSSR count). The van der Waals surface area contributed by atoms with Crippen LogP contribution in [-0.2, 0) is 17.9 Å². The molecular formula is C16H17N3OS. The van der Waals surface area contributed by atoms with Crippen molar-refractivity contribution in [2.45, 2.75) is 31.1 Å². The van der Waals surface area contributed by atoms with Crippen molar-refractivity contribution in [1.82, 2.24) is 14.9 Å². The fraction of sp³-hybridized carbons (Fsp3) is 0.375. The molecule has 4 nitrogen and oxygen atoms in total. The second-order valence-corrected chi connectivity index (χ2v) is 6.61. The van der Waals surface area contributed by atoms with Crippen LogP contribution in [0.4, 0.5) is 0 Å². The molecule has 1 aromatic carbocycles. The number of rotatable bonds is 4. The van der Waals surface area contributed by atoms with Crippen molar-refractivity contribution >= 4 is 17.7 Å². The molecule has 0 saturated heterocycles. The lowest BCUT2D eigenvalue weighted by Gasteiger charge is -2.09. The van der Waals surface area contributed by atoms with Gasteiger partial charge in [0, 0.05) is 23.8 Å². The molecule has 0 unspecified atom stereocenters. The zero-order chi connectivity index (χ0) is 14.2. The highest BCUT2D eigenvalue weighted by atomic mass is 32.2. The maximum Gasteiger partial charge on any atom is 0.223 e. The van der Waals surface area contributed by atoms with Gasteiger partial charge in [-0.2, -0.15) is 0 Å². The molecule has 21 heavy (non-hydrogen) atoms. The predicted molar refractivity (Wildman–Crippen MR) is 83.0 cm³/mol. The number of carbonyl (C=O) groups is 1. The first-order valence-electron chi connectivity index (χ1n) is 7.38. The molecular weight excluding hydrogens is 282 g/mol. The number of benzene rings is 1. The molecule has 1 N–H and O–H groups in total. The zero-order valence-corrected chi connectivity index (χ0v) is 12.5. The van der Waals surface area contributed by atoms with Gasteiger partial charge in [0.15, 0.2) is 5.16 Å². The summed E-state index contributed by atoms with van der Waals surface area (Å²) in [6.45, 7) is 1.56. The lowest BCUT2D eigenvalue weighted by atomic mass is 10.1. The monoisotopic (exact) mass is 299 g/mol. The van der Waals surface area contributed by atoms with E-state index in [9.17, 15) is 4.79 Å². The van der Waals surface area contributed by atoms with Crippen LogP contribution in [0.1, 0.15) is 18.5 Å². The summed E-state index contributed by atoms with van der Waals surface area (Å²) in [6, 6.07) is 10.2. The summed E-state index contributed by atoms with van der Waals surface area (Å²) in [6.07, 6.45) is 2.08. The summed E-state index contributed by atoms with van der Waals surface area (Å²) < 4.78 is 2.25. The van der Waals surface area contributed by atoms with Crippen LogP contribution >= 0.6 is 11.8 Å². The van der Waals surface area contributed by atoms with Gasteiger partial charge in [-0.25, -0.2) is 4.98 Å². The van der Waals surface area contributed by atoms with Crippen molar-refractivity contribution in [3.8, 4) is 11.3 Å². The number of hydrogen-bond acceptors (Lipinski definition) is 3. The summed E-state index contributed by atoms with van der Waals surface area (Å²) in [7, 11) is 0. The van der Waals surface area contributed by atoms with E-state index in [4.69, 9.17) is 4.98 Å². The van der Waals surface area contributed by atoms with Crippen molar-refractivity contribution in [2.75, 3.05) is 5.75 Å². The third kappa shape index (κ3) is 2.46. The lowest BCUT2D eigenvalue weighted by Crippen LogP contribution is -2.25. The third-order valence-electron chi connectivity index (χ3n) is 4.01. The van der Waals surface area contributed by atoms with E-state index in [1.807, 2.05) is 18.2 Å². The van der Waals surface area contributed by atoms with Crippen molar-refractivity contribution in [3.05, 3.63) is 36.0 Å². The lowest BCUT2D eigenvalue weighted by molar-refractivity contribution is -0.122. The molecule has 1 saturated carbocycles. The Morgan fingerprint density at radius 1 is 1.33 bits per heavy atom. The number of aromatic nitrogens is 2. The van der Waals surface area contributed by atoms with E-state index in [1.165, 1.54) is 0 Å². The van der Waals surface area contributed by atoms with Gasteiger partial charge < -0.3 is 9.88 Å². The Balaban J connectivity index is 1.65. The summed E-state index contributed by atoms with van der Waals surface area (Å²) >= 11 is 1.79. The van der Waals surface area contributed by atoms with E-state index in [0.29, 0.717) is 6.54 Å². The molecule has 1 amide bonds. The SMILES string of the molecule is O=C(NCc1c(-c2ccccc2)nc2n1CCS2)C1CC1. The van der Waals surface area contributed by atoms with Gasteiger partial charge >= 0.3 is 0 Å². The third-order valence-corrected chi connectivity index (χ3v) is 4.97. The minimum atomic E-state index is 0.190. The molecule has 2 heterocycles. The van der Waals surface area contributed by atoms with Crippen LogP contribution in [-0.4, -0.2) is 21.2 Å². The standard InChI is InChI=1S/C16H17N3OS/c20-15(12-6-7-12)17-10-13-14(11-4-2-1-3-5-11)18-16-19(13)8-9-21-16/h1-5,12H,6-10H2,(H,17,20). The molecule has 0 radical (unpaired) electrons. The van der Waals surface area contributed by atoms with Gasteiger partial charge in [0.25, 0.3) is 0 Å². The Kier molecular flexibility index (Phi) is 3.22. The van der Waals surface area contributed by atoms with E-state index in [-0.39, 0.29) is 11.8 Å². The molecule has 0 bridgehead atoms. The summed E-state index contributed by atoms with van der Waals surface area (Å²) in [5.41, 5.74) is 3.26. The molecule has 108 valence electrons. The topological polar surface area (TPSA) is 46.9 Å². The number of fused-ring (bicyclic) bond motifs is 1. The van der Waals surface area contributed by atoms with Crippen LogP contribution in [0.3, 0.4) is 0 Å². The van der Waals surface area contributed by atoms with Gasteiger partial charge in [0.2, 0.25) is 5.91 Å². The van der Waals surface area contributed by atoms with Gasteiger partial charge in [-0.3, -0.25) is 4.79 Å². The number of imidazole rings is 1. The van der Waals surface area contributed by atoms with Crippen LogP contribution in [0, 0.1) is 5.92 Å². The Morgan fingerprint density at radius 2 is 2.14 bits per heavy atom. The van der Waals surface area contributed by atoms with E-state index in [2.05, 4.69) is 22.0 Å². The smallest absolute Gasteiger partial charge is 0.223 e. The molecule has 2 aliphatic rings. The average Bonchev–Trinajstić information content (AvgIpc) is 3.17. The van der Waals surface area contributed by atoms with Crippen LogP contribution in [0.25, 0.3) is 11.3 Å². The van der Waals surface area contributed by atoms with E-state index in [0.717, 1.165) is 47.2 Å². The zero-order valence-electron chi connectivity index (χ0n) is 11.7. The van der Waals surface area contributed by atoms with Gasteiger partial charge in [0.05, 0.1) is 17.9 Å². The minimum Gasteiger partial charge on any atom is -0.350 e. The normalized spacial score (nSPS) is 16.8. The molecule has 0 atom stereocenters. The predicted octanol–water partition coefficient (Wildman–Crippen LogP) is 2.68. The number of nitrogens with zero attached hydrogens (tertiary/aromatic N) is 2. The fourth-order valence-corrected chi connectivity index (χ4v) is 3.67. The molecule has 2 aromatic rings. The first-order valence-corrected chi connectivity index (χ1v) is 8.37. The first kappa shape index (κ1) is 13.0. The molecule has 1 aliphatic carbocycles. The number of amides is 1. The van der Waals surface area contributed by atoms with E-state index in [1.54, 1.807) is 11.8 Å². The quantitative estimate of drug-likeness (QED) is 0.944. The number of thioether (sulfide) groups is 1. The van der Waals surface area contributed by atoms with Gasteiger partial charge in [-0.05, 0) is 12.8 Å². The highest BCUT2D eigenvalue weighted by Crippen LogP contribution is 2.33. The second kappa shape index (κ2) is 5.22. The molecule has 1 aromatic heterocycles. The molecule has 1 fully saturated rings. The Labute approximate surface area is 128 Å². The second-order valence-electron chi connectivity index (χ2n) is 5.55. The highest BCUT2D eigenvalue weighted by Gasteiger charge is 2.30. The van der Waals surface area contributed by atoms with Gasteiger partial charge in [0.1, 0.15) is 0 Å². The highest BCUT2D eigenvalue weighted by molar-refractivity contribution is 7.99. The molecule has 1 aliphatic heterocycles. The van der Waals surface area contributed by atoms with Crippen molar-refractivity contribution in [1.29, 1.82) is 0 Å². The number of nitrogens with one attached hydrogen (secondary N) is 1. The Hall–Kier alpha value is -1.75. The summed E-state index contributed by atoms with van der Waals surface area (Å²) in [4.78, 5) is 16.7. The molecule has 0 spiro atoms. The number of hydrogen-bond donors (Lipinski definition) is 1. The molecule has 5 heteroatoms. The van der Waals surface area contributed by atoms with Crippen LogP contribution in [0.15, 0.2) is 35.5 Å². The first-order chi connectivity index (χ1) is 10.3. The van der Waals surface area contributed by atoms with Crippen molar-refractivity contribution in [2.24, 2.45) is 5.92 Å². The average molecular weight is 299 g/mol. The number of carbonyl (C=O) groups excluding carboxylic acids is 1. The summed E-state index contributed by atoms with van der Waals surface area (Å²) in [5, 5.41) is 4.15.